The molecule has 1 aromatic heterocycles. The minimum Gasteiger partial charge on any atom is -0.325 e. The third-order valence-corrected chi connectivity index (χ3v) is 4.68. The lowest BCUT2D eigenvalue weighted by Gasteiger charge is -2.14. The van der Waals surface area contributed by atoms with Crippen LogP contribution in [0.3, 0.4) is 0 Å². The number of hydrogen-bond donors (Lipinski definition) is 2. The summed E-state index contributed by atoms with van der Waals surface area (Å²) in [6.45, 7) is 1.93. The number of nitrogens with one attached hydrogen (secondary N) is 2. The van der Waals surface area contributed by atoms with Crippen LogP contribution in [-0.4, -0.2) is 26.4 Å². The Hall–Kier alpha value is -2.80. The van der Waals surface area contributed by atoms with E-state index in [0.717, 1.165) is 11.3 Å². The van der Waals surface area contributed by atoms with E-state index in [4.69, 9.17) is 0 Å². The molecule has 0 aliphatic heterocycles. The van der Waals surface area contributed by atoms with Gasteiger partial charge in [0.2, 0.25) is 5.91 Å². The first-order valence-electron chi connectivity index (χ1n) is 7.84. The van der Waals surface area contributed by atoms with Gasteiger partial charge in [-0.1, -0.05) is 60.3 Å². The number of rotatable bonds is 6. The second-order valence-corrected chi connectivity index (χ2v) is 6.41. The number of hydrogen-bond acceptors (Lipinski definition) is 4. The van der Waals surface area contributed by atoms with E-state index in [9.17, 15) is 9.59 Å². The van der Waals surface area contributed by atoms with E-state index in [0.29, 0.717) is 5.16 Å². The minimum absolute atomic E-state index is 0.148. The number of thioether (sulfide) groups is 1. The summed E-state index contributed by atoms with van der Waals surface area (Å²) in [5.74, 6) is 0.0197. The fourth-order valence-electron chi connectivity index (χ4n) is 2.46. The van der Waals surface area contributed by atoms with Gasteiger partial charge in [0.25, 0.3) is 0 Å². The Kier molecular flexibility index (Phi) is 5.35. The van der Waals surface area contributed by atoms with Gasteiger partial charge >= 0.3 is 5.69 Å². The summed E-state index contributed by atoms with van der Waals surface area (Å²) < 4.78 is 1.57. The van der Waals surface area contributed by atoms with Gasteiger partial charge in [0, 0.05) is 5.69 Å². The molecule has 25 heavy (non-hydrogen) atoms. The summed E-state index contributed by atoms with van der Waals surface area (Å²) >= 11 is 1.23. The van der Waals surface area contributed by atoms with Gasteiger partial charge < -0.3 is 5.32 Å². The Morgan fingerprint density at radius 2 is 1.80 bits per heavy atom. The van der Waals surface area contributed by atoms with Crippen LogP contribution in [0, 0.1) is 0 Å². The number of H-pyrrole nitrogens is 1. The van der Waals surface area contributed by atoms with Crippen molar-refractivity contribution in [2.45, 2.75) is 18.1 Å². The molecule has 0 saturated carbocycles. The molecular weight excluding hydrogens is 336 g/mol. The van der Waals surface area contributed by atoms with Crippen LogP contribution < -0.4 is 11.0 Å². The minimum atomic E-state index is -0.290. The first-order chi connectivity index (χ1) is 12.1. The first-order valence-corrected chi connectivity index (χ1v) is 8.83. The fraction of sp³-hybridized carbons (Fsp3) is 0.167. The Bertz CT molecular complexity index is 890. The topological polar surface area (TPSA) is 79.8 Å². The summed E-state index contributed by atoms with van der Waals surface area (Å²) in [5.41, 5.74) is 1.45. The molecule has 1 atom stereocenters. The monoisotopic (exact) mass is 354 g/mol. The Balaban J connectivity index is 1.70. The normalized spacial score (nSPS) is 11.9. The molecule has 0 aliphatic carbocycles. The molecule has 0 saturated heterocycles. The highest BCUT2D eigenvalue weighted by Gasteiger charge is 2.17. The van der Waals surface area contributed by atoms with Crippen LogP contribution in [0.25, 0.3) is 0 Å². The van der Waals surface area contributed by atoms with Crippen molar-refractivity contribution < 1.29 is 4.79 Å². The van der Waals surface area contributed by atoms with Crippen molar-refractivity contribution in [1.29, 1.82) is 0 Å². The maximum Gasteiger partial charge on any atom is 0.344 e. The number of carbonyl (C=O) groups excluding carboxylic acids is 1. The second kappa shape index (κ2) is 7.85. The lowest BCUT2D eigenvalue weighted by atomic mass is 10.1. The van der Waals surface area contributed by atoms with Gasteiger partial charge in [-0.25, -0.2) is 9.89 Å². The van der Waals surface area contributed by atoms with Gasteiger partial charge in [0.15, 0.2) is 5.16 Å². The van der Waals surface area contributed by atoms with Crippen LogP contribution in [-0.2, 0) is 4.79 Å². The van der Waals surface area contributed by atoms with Crippen molar-refractivity contribution in [3.8, 4) is 0 Å². The molecule has 0 unspecified atom stereocenters. The Labute approximate surface area is 149 Å². The van der Waals surface area contributed by atoms with Gasteiger partial charge in [-0.3, -0.25) is 9.36 Å². The smallest absolute Gasteiger partial charge is 0.325 e. The SMILES string of the molecule is C[C@H](c1ccccc1)n1c(SCC(=O)Nc2ccccc2)n[nH]c1=O. The van der Waals surface area contributed by atoms with Gasteiger partial charge in [-0.15, -0.1) is 5.10 Å². The predicted octanol–water partition coefficient (Wildman–Crippen LogP) is 2.91. The fourth-order valence-corrected chi connectivity index (χ4v) is 3.29. The highest BCUT2D eigenvalue weighted by atomic mass is 32.2. The number of benzene rings is 2. The van der Waals surface area contributed by atoms with Crippen LogP contribution in [0.4, 0.5) is 5.69 Å². The number of aromatic nitrogens is 3. The first kappa shape index (κ1) is 17.0. The van der Waals surface area contributed by atoms with Crippen molar-refractivity contribution in [3.05, 3.63) is 76.7 Å². The average Bonchev–Trinajstić information content (AvgIpc) is 3.01. The van der Waals surface area contributed by atoms with E-state index in [2.05, 4.69) is 15.5 Å². The van der Waals surface area contributed by atoms with Crippen LogP contribution >= 0.6 is 11.8 Å². The highest BCUT2D eigenvalue weighted by molar-refractivity contribution is 7.99. The summed E-state index contributed by atoms with van der Waals surface area (Å²) in [6, 6.07) is 18.8. The van der Waals surface area contributed by atoms with E-state index in [1.165, 1.54) is 11.8 Å². The average molecular weight is 354 g/mol. The van der Waals surface area contributed by atoms with Crippen LogP contribution in [0.1, 0.15) is 18.5 Å². The van der Waals surface area contributed by atoms with E-state index in [1.807, 2.05) is 67.6 Å². The molecular formula is C18H18N4O2S. The van der Waals surface area contributed by atoms with Crippen LogP contribution in [0.2, 0.25) is 0 Å². The van der Waals surface area contributed by atoms with Gasteiger partial charge in [0.05, 0.1) is 11.8 Å². The zero-order valence-electron chi connectivity index (χ0n) is 13.7. The third-order valence-electron chi connectivity index (χ3n) is 3.73. The molecule has 0 bridgehead atoms. The molecule has 0 aliphatic rings. The molecule has 2 N–H and O–H groups in total. The summed E-state index contributed by atoms with van der Waals surface area (Å²) in [5, 5.41) is 9.82. The Morgan fingerprint density at radius 3 is 2.48 bits per heavy atom. The van der Waals surface area contributed by atoms with Crippen molar-refractivity contribution in [2.24, 2.45) is 0 Å². The van der Waals surface area contributed by atoms with Crippen molar-refractivity contribution >= 4 is 23.4 Å². The third kappa shape index (κ3) is 4.19. The molecule has 0 fully saturated rings. The molecule has 7 heteroatoms. The van der Waals surface area contributed by atoms with Gasteiger partial charge in [0.1, 0.15) is 0 Å². The van der Waals surface area contributed by atoms with E-state index in [-0.39, 0.29) is 23.4 Å². The lowest BCUT2D eigenvalue weighted by Crippen LogP contribution is -2.22. The number of amides is 1. The maximum absolute atomic E-state index is 12.1. The summed E-state index contributed by atoms with van der Waals surface area (Å²) in [6.07, 6.45) is 0. The van der Waals surface area contributed by atoms with E-state index in [1.54, 1.807) is 4.57 Å². The molecule has 1 heterocycles. The molecule has 1 amide bonds. The maximum atomic E-state index is 12.1. The molecule has 3 rings (SSSR count). The molecule has 3 aromatic rings. The highest BCUT2D eigenvalue weighted by Crippen LogP contribution is 2.22. The number of anilines is 1. The number of carbonyl (C=O) groups is 1. The van der Waals surface area contributed by atoms with Crippen LogP contribution in [0.5, 0.6) is 0 Å². The zero-order chi connectivity index (χ0) is 17.6. The molecule has 0 radical (unpaired) electrons. The number of nitrogens with zero attached hydrogens (tertiary/aromatic N) is 2. The van der Waals surface area contributed by atoms with E-state index >= 15 is 0 Å². The quantitative estimate of drug-likeness (QED) is 0.667. The zero-order valence-corrected chi connectivity index (χ0v) is 14.5. The molecule has 0 spiro atoms. The van der Waals surface area contributed by atoms with E-state index < -0.39 is 0 Å². The standard InChI is InChI=1S/C18H18N4O2S/c1-13(14-8-4-2-5-9-14)22-17(24)20-21-18(22)25-12-16(23)19-15-10-6-3-7-11-15/h2-11,13H,12H2,1H3,(H,19,23)(H,20,24)/t13-/m1/s1. The van der Waals surface area contributed by atoms with Gasteiger partial charge in [-0.2, -0.15) is 0 Å². The summed E-state index contributed by atoms with van der Waals surface area (Å²) in [7, 11) is 0. The lowest BCUT2D eigenvalue weighted by molar-refractivity contribution is -0.113. The second-order valence-electron chi connectivity index (χ2n) is 5.47. The molecule has 128 valence electrons. The summed E-state index contributed by atoms with van der Waals surface area (Å²) in [4.78, 5) is 24.2. The molecule has 2 aromatic carbocycles. The van der Waals surface area contributed by atoms with Gasteiger partial charge in [-0.05, 0) is 24.6 Å². The Morgan fingerprint density at radius 1 is 1.16 bits per heavy atom. The van der Waals surface area contributed by atoms with Crippen molar-refractivity contribution in [1.82, 2.24) is 14.8 Å². The van der Waals surface area contributed by atoms with Crippen molar-refractivity contribution in [2.75, 3.05) is 11.1 Å². The molecule has 6 nitrogen and oxygen atoms in total. The van der Waals surface area contributed by atoms with Crippen LogP contribution in [0.15, 0.2) is 70.6 Å². The van der Waals surface area contributed by atoms with Crippen molar-refractivity contribution in [3.63, 3.8) is 0 Å². The number of para-hydroxylation sites is 1. The number of aromatic amines is 1. The largest absolute Gasteiger partial charge is 0.344 e. The predicted molar refractivity (Wildman–Crippen MR) is 98.9 cm³/mol.